The standard InChI is InChI=1S/C17H37N3/c1-7-17(8-2,13-18-15(4)5)14-19-10-11-20(9-3)16(6)12-19/h15-16,18H,7-14H2,1-6H3. The van der Waals surface area contributed by atoms with Crippen molar-refractivity contribution in [3.8, 4) is 0 Å². The average molecular weight is 284 g/mol. The van der Waals surface area contributed by atoms with Crippen molar-refractivity contribution in [2.24, 2.45) is 5.41 Å². The van der Waals surface area contributed by atoms with E-state index < -0.39 is 0 Å². The van der Waals surface area contributed by atoms with Crippen molar-refractivity contribution in [2.45, 2.75) is 66.5 Å². The van der Waals surface area contributed by atoms with Gasteiger partial charge in [-0.2, -0.15) is 0 Å². The maximum Gasteiger partial charge on any atom is 0.0195 e. The summed E-state index contributed by atoms with van der Waals surface area (Å²) in [5.41, 5.74) is 0.443. The quantitative estimate of drug-likeness (QED) is 0.739. The van der Waals surface area contributed by atoms with E-state index in [-0.39, 0.29) is 0 Å². The van der Waals surface area contributed by atoms with Gasteiger partial charge in [-0.3, -0.25) is 9.80 Å². The summed E-state index contributed by atoms with van der Waals surface area (Å²) in [5, 5.41) is 3.67. The van der Waals surface area contributed by atoms with Gasteiger partial charge in [-0.1, -0.05) is 34.6 Å². The highest BCUT2D eigenvalue weighted by atomic mass is 15.3. The highest BCUT2D eigenvalue weighted by Crippen LogP contribution is 2.28. The fourth-order valence-corrected chi connectivity index (χ4v) is 3.36. The van der Waals surface area contributed by atoms with Gasteiger partial charge in [-0.15, -0.1) is 0 Å². The lowest BCUT2D eigenvalue weighted by molar-refractivity contribution is 0.0490. The average Bonchev–Trinajstić information content (AvgIpc) is 2.43. The van der Waals surface area contributed by atoms with E-state index in [1.54, 1.807) is 0 Å². The van der Waals surface area contributed by atoms with Crippen LogP contribution in [0.2, 0.25) is 0 Å². The topological polar surface area (TPSA) is 18.5 Å². The summed E-state index contributed by atoms with van der Waals surface area (Å²) < 4.78 is 0. The van der Waals surface area contributed by atoms with Crippen molar-refractivity contribution in [1.82, 2.24) is 15.1 Å². The zero-order valence-electron chi connectivity index (χ0n) is 14.7. The normalized spacial score (nSPS) is 22.6. The lowest BCUT2D eigenvalue weighted by Gasteiger charge is -2.44. The van der Waals surface area contributed by atoms with Gasteiger partial charge in [-0.05, 0) is 31.7 Å². The molecule has 0 aliphatic carbocycles. The van der Waals surface area contributed by atoms with Crippen LogP contribution in [0.5, 0.6) is 0 Å². The molecule has 3 heteroatoms. The first-order chi connectivity index (χ1) is 9.46. The van der Waals surface area contributed by atoms with Crippen molar-refractivity contribution in [3.05, 3.63) is 0 Å². The molecular formula is C17H37N3. The van der Waals surface area contributed by atoms with Gasteiger partial charge in [0.1, 0.15) is 0 Å². The number of likely N-dealkylation sites (N-methyl/N-ethyl adjacent to an activating group) is 1. The molecule has 0 aromatic rings. The Labute approximate surface area is 127 Å². The van der Waals surface area contributed by atoms with Crippen LogP contribution in [-0.4, -0.2) is 61.2 Å². The van der Waals surface area contributed by atoms with E-state index in [1.165, 1.54) is 45.6 Å². The van der Waals surface area contributed by atoms with Gasteiger partial charge in [0.05, 0.1) is 0 Å². The van der Waals surface area contributed by atoms with Crippen LogP contribution in [0.1, 0.15) is 54.4 Å². The summed E-state index contributed by atoms with van der Waals surface area (Å²) in [6.07, 6.45) is 2.54. The van der Waals surface area contributed by atoms with Gasteiger partial charge in [0.2, 0.25) is 0 Å². The first-order valence-electron chi connectivity index (χ1n) is 8.66. The van der Waals surface area contributed by atoms with E-state index in [2.05, 4.69) is 56.7 Å². The van der Waals surface area contributed by atoms with Crippen LogP contribution in [0, 0.1) is 5.41 Å². The van der Waals surface area contributed by atoms with E-state index >= 15 is 0 Å². The van der Waals surface area contributed by atoms with Crippen molar-refractivity contribution < 1.29 is 0 Å². The molecule has 120 valence electrons. The number of piperazine rings is 1. The van der Waals surface area contributed by atoms with Crippen LogP contribution < -0.4 is 5.32 Å². The van der Waals surface area contributed by atoms with Crippen molar-refractivity contribution in [1.29, 1.82) is 0 Å². The summed E-state index contributed by atoms with van der Waals surface area (Å²) in [4.78, 5) is 5.30. The number of rotatable bonds is 8. The van der Waals surface area contributed by atoms with E-state index in [0.717, 1.165) is 6.54 Å². The Morgan fingerprint density at radius 1 is 1.15 bits per heavy atom. The maximum atomic E-state index is 3.67. The third kappa shape index (κ3) is 5.01. The van der Waals surface area contributed by atoms with Crippen LogP contribution in [-0.2, 0) is 0 Å². The monoisotopic (exact) mass is 283 g/mol. The molecule has 1 N–H and O–H groups in total. The maximum absolute atomic E-state index is 3.67. The molecule has 1 atom stereocenters. The third-order valence-corrected chi connectivity index (χ3v) is 5.20. The molecule has 1 heterocycles. The van der Waals surface area contributed by atoms with Gasteiger partial charge < -0.3 is 5.32 Å². The van der Waals surface area contributed by atoms with Gasteiger partial charge in [-0.25, -0.2) is 0 Å². The predicted molar refractivity (Wildman–Crippen MR) is 89.3 cm³/mol. The first kappa shape index (κ1) is 17.9. The Hall–Kier alpha value is -0.120. The minimum atomic E-state index is 0.443. The zero-order valence-corrected chi connectivity index (χ0v) is 14.7. The molecule has 0 aromatic carbocycles. The molecule has 0 saturated carbocycles. The Bertz CT molecular complexity index is 261. The second kappa shape index (κ2) is 8.35. The predicted octanol–water partition coefficient (Wildman–Crippen LogP) is 2.82. The molecule has 0 spiro atoms. The van der Waals surface area contributed by atoms with Gasteiger partial charge in [0.15, 0.2) is 0 Å². The Kier molecular flexibility index (Phi) is 7.49. The summed E-state index contributed by atoms with van der Waals surface area (Å²) >= 11 is 0. The van der Waals surface area contributed by atoms with Crippen molar-refractivity contribution >= 4 is 0 Å². The Morgan fingerprint density at radius 3 is 2.25 bits per heavy atom. The lowest BCUT2D eigenvalue weighted by atomic mass is 9.81. The molecule has 1 unspecified atom stereocenters. The summed E-state index contributed by atoms with van der Waals surface area (Å²) in [7, 11) is 0. The van der Waals surface area contributed by atoms with Crippen LogP contribution in [0.3, 0.4) is 0 Å². The lowest BCUT2D eigenvalue weighted by Crippen LogP contribution is -2.55. The second-order valence-corrected chi connectivity index (χ2v) is 6.96. The molecule has 0 aromatic heterocycles. The zero-order chi connectivity index (χ0) is 15.2. The SMILES string of the molecule is CCN1CCN(CC(CC)(CC)CNC(C)C)CC1C. The minimum absolute atomic E-state index is 0.443. The molecule has 1 fully saturated rings. The van der Waals surface area contributed by atoms with Gasteiger partial charge in [0, 0.05) is 44.8 Å². The number of hydrogen-bond donors (Lipinski definition) is 1. The molecule has 1 saturated heterocycles. The first-order valence-corrected chi connectivity index (χ1v) is 8.66. The van der Waals surface area contributed by atoms with E-state index in [0.29, 0.717) is 17.5 Å². The largest absolute Gasteiger partial charge is 0.314 e. The smallest absolute Gasteiger partial charge is 0.0195 e. The molecule has 0 radical (unpaired) electrons. The summed E-state index contributed by atoms with van der Waals surface area (Å²) in [6, 6.07) is 1.29. The van der Waals surface area contributed by atoms with Crippen LogP contribution in [0.25, 0.3) is 0 Å². The third-order valence-electron chi connectivity index (χ3n) is 5.20. The second-order valence-electron chi connectivity index (χ2n) is 6.96. The van der Waals surface area contributed by atoms with E-state index in [1.807, 2.05) is 0 Å². The fraction of sp³-hybridized carbons (Fsp3) is 1.00. The minimum Gasteiger partial charge on any atom is -0.314 e. The fourth-order valence-electron chi connectivity index (χ4n) is 3.36. The molecule has 1 aliphatic rings. The molecule has 3 nitrogen and oxygen atoms in total. The molecule has 0 bridgehead atoms. The molecular weight excluding hydrogens is 246 g/mol. The number of nitrogens with one attached hydrogen (secondary N) is 1. The van der Waals surface area contributed by atoms with Crippen molar-refractivity contribution in [3.63, 3.8) is 0 Å². The highest BCUT2D eigenvalue weighted by Gasteiger charge is 2.31. The Balaban J connectivity index is 2.57. The highest BCUT2D eigenvalue weighted by molar-refractivity contribution is 4.87. The van der Waals surface area contributed by atoms with Crippen LogP contribution >= 0.6 is 0 Å². The summed E-state index contributed by atoms with van der Waals surface area (Å²) in [6.45, 7) is 21.2. The van der Waals surface area contributed by atoms with E-state index in [4.69, 9.17) is 0 Å². The van der Waals surface area contributed by atoms with Crippen LogP contribution in [0.15, 0.2) is 0 Å². The molecule has 1 rings (SSSR count). The molecule has 20 heavy (non-hydrogen) atoms. The number of nitrogens with zero attached hydrogens (tertiary/aromatic N) is 2. The van der Waals surface area contributed by atoms with Crippen LogP contribution in [0.4, 0.5) is 0 Å². The molecule has 0 amide bonds. The molecule has 1 aliphatic heterocycles. The Morgan fingerprint density at radius 2 is 1.80 bits per heavy atom. The number of hydrogen-bond acceptors (Lipinski definition) is 3. The van der Waals surface area contributed by atoms with Gasteiger partial charge >= 0.3 is 0 Å². The van der Waals surface area contributed by atoms with Gasteiger partial charge in [0.25, 0.3) is 0 Å². The van der Waals surface area contributed by atoms with Crippen molar-refractivity contribution in [2.75, 3.05) is 39.3 Å². The summed E-state index contributed by atoms with van der Waals surface area (Å²) in [5.74, 6) is 0. The van der Waals surface area contributed by atoms with E-state index in [9.17, 15) is 0 Å².